The highest BCUT2D eigenvalue weighted by Gasteiger charge is 2.19. The van der Waals surface area contributed by atoms with Crippen molar-refractivity contribution in [2.75, 3.05) is 13.2 Å². The first kappa shape index (κ1) is 78.6. The molecule has 1 atom stereocenters. The van der Waals surface area contributed by atoms with Gasteiger partial charge in [-0.2, -0.15) is 0 Å². The maximum atomic E-state index is 12.9. The topological polar surface area (TPSA) is 78.9 Å². The van der Waals surface area contributed by atoms with Crippen molar-refractivity contribution in [2.24, 2.45) is 0 Å². The molecule has 474 valence electrons. The molecule has 0 aromatic carbocycles. The van der Waals surface area contributed by atoms with Gasteiger partial charge >= 0.3 is 17.9 Å². The maximum Gasteiger partial charge on any atom is 0.306 e. The molecule has 0 radical (unpaired) electrons. The van der Waals surface area contributed by atoms with Gasteiger partial charge < -0.3 is 14.2 Å². The van der Waals surface area contributed by atoms with Crippen molar-refractivity contribution in [3.8, 4) is 0 Å². The minimum atomic E-state index is -0.799. The molecule has 0 amide bonds. The van der Waals surface area contributed by atoms with Crippen LogP contribution in [-0.4, -0.2) is 37.2 Å². The number of allylic oxidation sites excluding steroid dienone is 14. The van der Waals surface area contributed by atoms with E-state index in [-0.39, 0.29) is 37.5 Å². The standard InChI is InChI=1S/C76H134O6/c1-4-7-10-13-16-19-22-25-28-31-33-34-35-36-37-38-39-40-41-42-44-45-48-51-54-57-60-63-66-69-75(78)81-72-73(71-80-74(77)68-65-62-59-56-53-50-47-30-27-24-21-18-15-12-9-6-3)82-76(79)70-67-64-61-58-55-52-49-46-43-32-29-26-23-20-17-14-11-8-5-2/h8,11,17,20,26,29-31,33,43,46-47,52,55,73H,4-7,9-10,12-16,18-19,21-25,27-28,32,34-42,44-45,48-51,53-54,56-72H2,1-3H3/b11-8-,20-17-,29-26-,33-31-,46-43-,47-30-,55-52-. The Labute approximate surface area is 509 Å². The fourth-order valence-corrected chi connectivity index (χ4v) is 10.3. The Hall–Kier alpha value is -3.41. The zero-order chi connectivity index (χ0) is 59.2. The number of hydrogen-bond donors (Lipinski definition) is 0. The van der Waals surface area contributed by atoms with Crippen LogP contribution in [0.5, 0.6) is 0 Å². The van der Waals surface area contributed by atoms with E-state index in [4.69, 9.17) is 14.2 Å². The molecule has 0 saturated heterocycles. The second kappa shape index (κ2) is 70.1. The van der Waals surface area contributed by atoms with E-state index in [1.165, 1.54) is 218 Å². The van der Waals surface area contributed by atoms with Gasteiger partial charge in [-0.05, 0) is 116 Å². The normalized spacial score (nSPS) is 12.6. The van der Waals surface area contributed by atoms with Crippen LogP contribution in [0, 0.1) is 0 Å². The van der Waals surface area contributed by atoms with Gasteiger partial charge in [-0.1, -0.05) is 311 Å². The van der Waals surface area contributed by atoms with Crippen molar-refractivity contribution >= 4 is 17.9 Å². The lowest BCUT2D eigenvalue weighted by atomic mass is 10.0. The lowest BCUT2D eigenvalue weighted by molar-refractivity contribution is -0.167. The molecule has 0 N–H and O–H groups in total. The highest BCUT2D eigenvalue weighted by atomic mass is 16.6. The Kier molecular flexibility index (Phi) is 67.2. The summed E-state index contributed by atoms with van der Waals surface area (Å²) in [5, 5.41) is 0. The van der Waals surface area contributed by atoms with Gasteiger partial charge in [-0.25, -0.2) is 0 Å². The van der Waals surface area contributed by atoms with E-state index < -0.39 is 6.10 Å². The number of rotatable bonds is 65. The zero-order valence-corrected chi connectivity index (χ0v) is 54.5. The lowest BCUT2D eigenvalue weighted by Gasteiger charge is -2.18. The third-order valence-corrected chi connectivity index (χ3v) is 15.6. The molecule has 0 aliphatic rings. The van der Waals surface area contributed by atoms with E-state index >= 15 is 0 Å². The Morgan fingerprint density at radius 1 is 0.256 bits per heavy atom. The van der Waals surface area contributed by atoms with Gasteiger partial charge in [0.2, 0.25) is 0 Å². The lowest BCUT2D eigenvalue weighted by Crippen LogP contribution is -2.30. The largest absolute Gasteiger partial charge is 0.462 e. The van der Waals surface area contributed by atoms with Gasteiger partial charge in [-0.15, -0.1) is 0 Å². The Balaban J connectivity index is 4.30. The Morgan fingerprint density at radius 3 is 0.768 bits per heavy atom. The van der Waals surface area contributed by atoms with E-state index in [0.29, 0.717) is 12.8 Å². The van der Waals surface area contributed by atoms with Crippen LogP contribution in [-0.2, 0) is 28.6 Å². The highest BCUT2D eigenvalue weighted by molar-refractivity contribution is 5.71. The molecule has 1 unspecified atom stereocenters. The SMILES string of the molecule is CC/C=C\C/C=C\C/C=C\C/C=C\C/C=C\CCCCCC(=O)OC(COC(=O)CCCCCCC/C=C\CCCCCCCCC)COC(=O)CCCCCCCCCCCCCCCCCCC/C=C\CCCCCCCCCC. The molecule has 0 fully saturated rings. The second-order valence-electron chi connectivity index (χ2n) is 23.8. The third kappa shape index (κ3) is 67.4. The van der Waals surface area contributed by atoms with E-state index in [0.717, 1.165) is 103 Å². The van der Waals surface area contributed by atoms with Crippen LogP contribution in [0.25, 0.3) is 0 Å². The molecular weight excluding hydrogens is 1010 g/mol. The molecule has 82 heavy (non-hydrogen) atoms. The second-order valence-corrected chi connectivity index (χ2v) is 23.8. The molecule has 0 heterocycles. The summed E-state index contributed by atoms with van der Waals surface area (Å²) in [4.78, 5) is 38.4. The molecule has 6 heteroatoms. The van der Waals surface area contributed by atoms with Crippen LogP contribution >= 0.6 is 0 Å². The average Bonchev–Trinajstić information content (AvgIpc) is 3.47. The number of carbonyl (C=O) groups excluding carboxylic acids is 3. The minimum absolute atomic E-state index is 0.0901. The predicted octanol–water partition coefficient (Wildman–Crippen LogP) is 24.6. The molecule has 0 aromatic heterocycles. The zero-order valence-electron chi connectivity index (χ0n) is 54.5. The summed E-state index contributed by atoms with van der Waals surface area (Å²) in [6, 6.07) is 0. The predicted molar refractivity (Wildman–Crippen MR) is 358 cm³/mol. The molecule has 6 nitrogen and oxygen atoms in total. The van der Waals surface area contributed by atoms with Crippen molar-refractivity contribution in [1.82, 2.24) is 0 Å². The van der Waals surface area contributed by atoms with Gasteiger partial charge in [0.1, 0.15) is 13.2 Å². The summed E-state index contributed by atoms with van der Waals surface area (Å²) in [6.07, 6.45) is 93.3. The summed E-state index contributed by atoms with van der Waals surface area (Å²) in [5.41, 5.74) is 0. The molecule has 0 saturated carbocycles. The first-order valence-electron chi connectivity index (χ1n) is 35.6. The van der Waals surface area contributed by atoms with Crippen molar-refractivity contribution in [3.05, 3.63) is 85.1 Å². The highest BCUT2D eigenvalue weighted by Crippen LogP contribution is 2.17. The summed E-state index contributed by atoms with van der Waals surface area (Å²) < 4.78 is 17.0. The molecule has 0 aliphatic carbocycles. The first-order chi connectivity index (χ1) is 40.5. The van der Waals surface area contributed by atoms with Gasteiger partial charge in [-0.3, -0.25) is 14.4 Å². The van der Waals surface area contributed by atoms with Crippen molar-refractivity contribution < 1.29 is 28.6 Å². The maximum absolute atomic E-state index is 12.9. The first-order valence-corrected chi connectivity index (χ1v) is 35.6. The fraction of sp³-hybridized carbons (Fsp3) is 0.776. The molecule has 0 spiro atoms. The van der Waals surface area contributed by atoms with E-state index in [2.05, 4.69) is 106 Å². The van der Waals surface area contributed by atoms with Crippen molar-refractivity contribution in [1.29, 1.82) is 0 Å². The van der Waals surface area contributed by atoms with Gasteiger partial charge in [0.15, 0.2) is 6.10 Å². The molecule has 0 aromatic rings. The van der Waals surface area contributed by atoms with E-state index in [9.17, 15) is 14.4 Å². The van der Waals surface area contributed by atoms with E-state index in [1.807, 2.05) is 0 Å². The van der Waals surface area contributed by atoms with Crippen LogP contribution in [0.2, 0.25) is 0 Å². The van der Waals surface area contributed by atoms with Crippen molar-refractivity contribution in [2.45, 2.75) is 367 Å². The monoisotopic (exact) mass is 1140 g/mol. The number of esters is 3. The van der Waals surface area contributed by atoms with Gasteiger partial charge in [0, 0.05) is 19.3 Å². The number of carbonyl (C=O) groups is 3. The third-order valence-electron chi connectivity index (χ3n) is 15.6. The van der Waals surface area contributed by atoms with Crippen LogP contribution in [0.4, 0.5) is 0 Å². The summed E-state index contributed by atoms with van der Waals surface area (Å²) in [7, 11) is 0. The quantitative estimate of drug-likeness (QED) is 0.0261. The van der Waals surface area contributed by atoms with Crippen LogP contribution < -0.4 is 0 Å². The molecular formula is C76H134O6. The van der Waals surface area contributed by atoms with Crippen LogP contribution in [0.3, 0.4) is 0 Å². The number of ether oxygens (including phenoxy) is 3. The molecule has 0 rings (SSSR count). The van der Waals surface area contributed by atoms with Crippen LogP contribution in [0.15, 0.2) is 85.1 Å². The molecule has 0 bridgehead atoms. The fourth-order valence-electron chi connectivity index (χ4n) is 10.3. The number of unbranched alkanes of at least 4 members (excludes halogenated alkanes) is 40. The van der Waals surface area contributed by atoms with Gasteiger partial charge in [0.25, 0.3) is 0 Å². The summed E-state index contributed by atoms with van der Waals surface area (Å²) in [5.74, 6) is -0.914. The van der Waals surface area contributed by atoms with Crippen LogP contribution in [0.1, 0.15) is 361 Å². The summed E-state index contributed by atoms with van der Waals surface area (Å²) >= 11 is 0. The smallest absolute Gasteiger partial charge is 0.306 e. The minimum Gasteiger partial charge on any atom is -0.462 e. The van der Waals surface area contributed by atoms with E-state index in [1.54, 1.807) is 0 Å². The van der Waals surface area contributed by atoms with Gasteiger partial charge in [0.05, 0.1) is 0 Å². The molecule has 0 aliphatic heterocycles. The Morgan fingerprint density at radius 2 is 0.476 bits per heavy atom. The average molecular weight is 1140 g/mol. The summed E-state index contributed by atoms with van der Waals surface area (Å²) in [6.45, 7) is 6.54. The van der Waals surface area contributed by atoms with Crippen molar-refractivity contribution in [3.63, 3.8) is 0 Å². The number of hydrogen-bond acceptors (Lipinski definition) is 6. The Bertz CT molecular complexity index is 1550.